The molecule has 6 nitrogen and oxygen atoms in total. The fourth-order valence-electron chi connectivity index (χ4n) is 5.04. The van der Waals surface area contributed by atoms with Crippen LogP contribution in [0.15, 0.2) is 67.1 Å². The van der Waals surface area contributed by atoms with Crippen LogP contribution in [0, 0.1) is 5.92 Å². The van der Waals surface area contributed by atoms with E-state index in [1.807, 2.05) is 6.07 Å². The fraction of sp³-hybridized carbons (Fsp3) is 0.370. The van der Waals surface area contributed by atoms with Crippen LogP contribution in [0.2, 0.25) is 0 Å². The zero-order chi connectivity index (χ0) is 24.6. The SMILES string of the molecule is O=c1oc2c(c(O)c1C(c1cccc(NS(=O)(=O)c3cccc(Br)c3)c1)C1CC1)CCCCCC2. The van der Waals surface area contributed by atoms with Crippen molar-refractivity contribution in [1.29, 1.82) is 0 Å². The van der Waals surface area contributed by atoms with Gasteiger partial charge in [0.2, 0.25) is 0 Å². The predicted octanol–water partition coefficient (Wildman–Crippen LogP) is 6.11. The Kier molecular flexibility index (Phi) is 6.77. The highest BCUT2D eigenvalue weighted by Gasteiger charge is 2.38. The summed E-state index contributed by atoms with van der Waals surface area (Å²) < 4.78 is 35.0. The Balaban J connectivity index is 1.52. The number of benzene rings is 2. The molecule has 2 N–H and O–H groups in total. The number of halogens is 1. The molecule has 0 bridgehead atoms. The number of fused-ring (bicyclic) bond motifs is 1. The number of rotatable bonds is 6. The van der Waals surface area contributed by atoms with Crippen molar-refractivity contribution in [2.45, 2.75) is 62.2 Å². The first kappa shape index (κ1) is 24.1. The molecule has 0 aliphatic heterocycles. The van der Waals surface area contributed by atoms with Gasteiger partial charge in [-0.1, -0.05) is 47.0 Å². The highest BCUT2D eigenvalue weighted by Crippen LogP contribution is 2.49. The number of anilines is 1. The van der Waals surface area contributed by atoms with E-state index in [1.54, 1.807) is 36.4 Å². The van der Waals surface area contributed by atoms with Gasteiger partial charge in [-0.3, -0.25) is 4.72 Å². The predicted molar refractivity (Wildman–Crippen MR) is 138 cm³/mol. The van der Waals surface area contributed by atoms with E-state index in [-0.39, 0.29) is 22.5 Å². The molecule has 5 rings (SSSR count). The van der Waals surface area contributed by atoms with E-state index < -0.39 is 15.6 Å². The molecule has 1 aromatic heterocycles. The molecule has 0 radical (unpaired) electrons. The van der Waals surface area contributed by atoms with Gasteiger partial charge < -0.3 is 9.52 Å². The third-order valence-corrected chi connectivity index (χ3v) is 8.77. The largest absolute Gasteiger partial charge is 0.507 e. The van der Waals surface area contributed by atoms with E-state index in [9.17, 15) is 18.3 Å². The third-order valence-electron chi connectivity index (χ3n) is 6.90. The second-order valence-electron chi connectivity index (χ2n) is 9.47. The lowest BCUT2D eigenvalue weighted by Gasteiger charge is -2.22. The highest BCUT2D eigenvalue weighted by atomic mass is 79.9. The lowest BCUT2D eigenvalue weighted by molar-refractivity contribution is 0.382. The minimum atomic E-state index is -3.79. The number of sulfonamides is 1. The summed E-state index contributed by atoms with van der Waals surface area (Å²) in [7, 11) is -3.79. The van der Waals surface area contributed by atoms with Crippen molar-refractivity contribution < 1.29 is 17.9 Å². The molecular formula is C27H28BrNO5S. The first-order valence-electron chi connectivity index (χ1n) is 12.1. The molecule has 184 valence electrons. The molecule has 1 unspecified atom stereocenters. The van der Waals surface area contributed by atoms with Crippen LogP contribution in [0.25, 0.3) is 0 Å². The van der Waals surface area contributed by atoms with Gasteiger partial charge in [0, 0.05) is 28.1 Å². The van der Waals surface area contributed by atoms with Gasteiger partial charge in [-0.05, 0) is 73.9 Å². The van der Waals surface area contributed by atoms with Crippen molar-refractivity contribution in [3.8, 4) is 5.75 Å². The van der Waals surface area contributed by atoms with E-state index in [0.717, 1.165) is 49.7 Å². The van der Waals surface area contributed by atoms with Gasteiger partial charge in [0.25, 0.3) is 10.0 Å². The van der Waals surface area contributed by atoms with Crippen molar-refractivity contribution in [2.75, 3.05) is 4.72 Å². The van der Waals surface area contributed by atoms with Crippen molar-refractivity contribution in [3.05, 3.63) is 85.9 Å². The Morgan fingerprint density at radius 2 is 1.74 bits per heavy atom. The smallest absolute Gasteiger partial charge is 0.343 e. The van der Waals surface area contributed by atoms with Crippen molar-refractivity contribution in [2.24, 2.45) is 5.92 Å². The molecule has 1 saturated carbocycles. The van der Waals surface area contributed by atoms with Crippen LogP contribution in [0.4, 0.5) is 5.69 Å². The van der Waals surface area contributed by atoms with Crippen molar-refractivity contribution >= 4 is 31.6 Å². The van der Waals surface area contributed by atoms with Gasteiger partial charge >= 0.3 is 5.63 Å². The van der Waals surface area contributed by atoms with Crippen LogP contribution in [-0.2, 0) is 22.9 Å². The van der Waals surface area contributed by atoms with Crippen LogP contribution < -0.4 is 10.3 Å². The van der Waals surface area contributed by atoms with E-state index in [4.69, 9.17) is 4.42 Å². The van der Waals surface area contributed by atoms with Crippen LogP contribution >= 0.6 is 15.9 Å². The number of aromatic hydroxyl groups is 1. The van der Waals surface area contributed by atoms with Crippen LogP contribution in [0.5, 0.6) is 5.75 Å². The van der Waals surface area contributed by atoms with Crippen LogP contribution in [0.3, 0.4) is 0 Å². The molecule has 1 fully saturated rings. The van der Waals surface area contributed by atoms with Gasteiger partial charge in [-0.15, -0.1) is 0 Å². The van der Waals surface area contributed by atoms with Crippen LogP contribution in [0.1, 0.15) is 66.9 Å². The molecule has 1 heterocycles. The van der Waals surface area contributed by atoms with Gasteiger partial charge in [-0.2, -0.15) is 0 Å². The van der Waals surface area contributed by atoms with E-state index >= 15 is 0 Å². The monoisotopic (exact) mass is 557 g/mol. The maximum absolute atomic E-state index is 13.1. The highest BCUT2D eigenvalue weighted by molar-refractivity contribution is 9.10. The number of nitrogens with one attached hydrogen (secondary N) is 1. The summed E-state index contributed by atoms with van der Waals surface area (Å²) in [6.45, 7) is 0. The van der Waals surface area contributed by atoms with E-state index in [2.05, 4.69) is 20.7 Å². The molecule has 1 atom stereocenters. The molecule has 8 heteroatoms. The summed E-state index contributed by atoms with van der Waals surface area (Å²) in [6.07, 6.45) is 7.33. The lowest BCUT2D eigenvalue weighted by Crippen LogP contribution is -2.19. The normalized spacial score (nSPS) is 17.2. The Morgan fingerprint density at radius 3 is 2.49 bits per heavy atom. The first-order valence-corrected chi connectivity index (χ1v) is 14.4. The summed E-state index contributed by atoms with van der Waals surface area (Å²) in [6, 6.07) is 13.6. The summed E-state index contributed by atoms with van der Waals surface area (Å²) in [4.78, 5) is 13.3. The first-order chi connectivity index (χ1) is 16.8. The Morgan fingerprint density at radius 1 is 1.00 bits per heavy atom. The molecule has 3 aromatic rings. The average molecular weight is 558 g/mol. The Hall–Kier alpha value is -2.58. The Labute approximate surface area is 213 Å². The standard InChI is InChI=1S/C27H28BrNO5S/c28-19-8-6-10-21(16-19)35(32,33)29-20-9-5-7-18(15-20)24(17-13-14-17)25-26(30)22-11-3-1-2-4-12-23(22)34-27(25)31/h5-10,15-17,24,29-30H,1-4,11-14H2. The summed E-state index contributed by atoms with van der Waals surface area (Å²) in [5.74, 6) is 0.529. The second kappa shape index (κ2) is 9.82. The van der Waals surface area contributed by atoms with Gasteiger partial charge in [-0.25, -0.2) is 13.2 Å². The number of hydrogen-bond donors (Lipinski definition) is 2. The summed E-state index contributed by atoms with van der Waals surface area (Å²) in [5, 5.41) is 11.3. The van der Waals surface area contributed by atoms with Gasteiger partial charge in [0.15, 0.2) is 0 Å². The topological polar surface area (TPSA) is 96.6 Å². The molecule has 0 amide bonds. The summed E-state index contributed by atoms with van der Waals surface area (Å²) in [5.41, 5.74) is 1.77. The maximum Gasteiger partial charge on any atom is 0.343 e. The average Bonchev–Trinajstić information content (AvgIpc) is 3.63. The molecule has 0 saturated heterocycles. The van der Waals surface area contributed by atoms with Crippen LogP contribution in [-0.4, -0.2) is 13.5 Å². The zero-order valence-electron chi connectivity index (χ0n) is 19.3. The van der Waals surface area contributed by atoms with Crippen molar-refractivity contribution in [3.63, 3.8) is 0 Å². The Bertz CT molecular complexity index is 1410. The van der Waals surface area contributed by atoms with E-state index in [0.29, 0.717) is 34.3 Å². The molecule has 35 heavy (non-hydrogen) atoms. The third kappa shape index (κ3) is 5.19. The molecule has 0 spiro atoms. The quantitative estimate of drug-likeness (QED) is 0.381. The number of hydrogen-bond acceptors (Lipinski definition) is 5. The zero-order valence-corrected chi connectivity index (χ0v) is 21.7. The molecule has 2 aliphatic carbocycles. The molecular weight excluding hydrogens is 530 g/mol. The molecule has 2 aliphatic rings. The minimum Gasteiger partial charge on any atom is -0.507 e. The molecule has 2 aromatic carbocycles. The summed E-state index contributed by atoms with van der Waals surface area (Å²) >= 11 is 3.31. The fourth-order valence-corrected chi connectivity index (χ4v) is 6.69. The maximum atomic E-state index is 13.1. The van der Waals surface area contributed by atoms with Crippen molar-refractivity contribution in [1.82, 2.24) is 0 Å². The number of aryl methyl sites for hydroxylation is 1. The van der Waals surface area contributed by atoms with Gasteiger partial charge in [0.05, 0.1) is 10.5 Å². The second-order valence-corrected chi connectivity index (χ2v) is 12.1. The van der Waals surface area contributed by atoms with Gasteiger partial charge in [0.1, 0.15) is 11.5 Å². The lowest BCUT2D eigenvalue weighted by atomic mass is 9.85. The van der Waals surface area contributed by atoms with E-state index in [1.165, 1.54) is 6.07 Å². The minimum absolute atomic E-state index is 0.0650.